The normalized spacial score (nSPS) is 16.4. The van der Waals surface area contributed by atoms with Crippen LogP contribution in [-0.2, 0) is 11.2 Å². The van der Waals surface area contributed by atoms with Crippen molar-refractivity contribution in [3.05, 3.63) is 68.1 Å². The summed E-state index contributed by atoms with van der Waals surface area (Å²) in [5.41, 5.74) is 1.65. The van der Waals surface area contributed by atoms with Crippen LogP contribution in [0.3, 0.4) is 0 Å². The predicted molar refractivity (Wildman–Crippen MR) is 100 cm³/mol. The molecule has 1 amide bonds. The first-order valence-corrected chi connectivity index (χ1v) is 9.31. The fourth-order valence-corrected chi connectivity index (χ4v) is 4.46. The van der Waals surface area contributed by atoms with E-state index in [0.717, 1.165) is 16.1 Å². The predicted octanol–water partition coefficient (Wildman–Crippen LogP) is 2.20. The maximum Gasteiger partial charge on any atom is 0.331 e. The summed E-state index contributed by atoms with van der Waals surface area (Å²) in [5.74, 6) is -1.72. The van der Waals surface area contributed by atoms with Gasteiger partial charge in [-0.15, -0.1) is 11.3 Å². The molecule has 1 aromatic carbocycles. The van der Waals surface area contributed by atoms with Gasteiger partial charge in [-0.25, -0.2) is 9.78 Å². The van der Waals surface area contributed by atoms with Crippen molar-refractivity contribution >= 4 is 28.2 Å². The Labute approximate surface area is 158 Å². The number of nitrogens with zero attached hydrogens (tertiary/aromatic N) is 3. The molecule has 27 heavy (non-hydrogen) atoms. The smallest absolute Gasteiger partial charge is 0.331 e. The molecule has 0 saturated heterocycles. The summed E-state index contributed by atoms with van der Waals surface area (Å²) in [6.07, 6.45) is 1.80. The molecule has 3 heterocycles. The minimum Gasteiger partial charge on any atom is -0.479 e. The van der Waals surface area contributed by atoms with E-state index < -0.39 is 23.5 Å². The molecular weight excluding hydrogens is 366 g/mol. The zero-order valence-corrected chi connectivity index (χ0v) is 15.6. The summed E-state index contributed by atoms with van der Waals surface area (Å²) in [6, 6.07) is 6.07. The van der Waals surface area contributed by atoms with Gasteiger partial charge in [0.15, 0.2) is 11.0 Å². The van der Waals surface area contributed by atoms with E-state index in [9.17, 15) is 19.5 Å². The van der Waals surface area contributed by atoms with Gasteiger partial charge in [-0.2, -0.15) is 0 Å². The number of hydrogen-bond donors (Lipinski definition) is 1. The van der Waals surface area contributed by atoms with Crippen LogP contribution in [0.25, 0.3) is 4.96 Å². The van der Waals surface area contributed by atoms with Crippen LogP contribution in [0, 0.1) is 13.8 Å². The van der Waals surface area contributed by atoms with Gasteiger partial charge in [0.2, 0.25) is 0 Å². The second kappa shape index (κ2) is 6.31. The maximum absolute atomic E-state index is 13.1. The highest BCUT2D eigenvalue weighted by atomic mass is 32.1. The number of carboxylic acid groups (broad SMARTS) is 1. The molecule has 138 valence electrons. The average molecular weight is 383 g/mol. The van der Waals surface area contributed by atoms with Crippen LogP contribution >= 0.6 is 11.3 Å². The third-order valence-electron chi connectivity index (χ3n) is 5.03. The topological polar surface area (TPSA) is 92.0 Å². The van der Waals surface area contributed by atoms with Crippen LogP contribution in [0.4, 0.5) is 0 Å². The largest absolute Gasteiger partial charge is 0.479 e. The number of carbonyl (C=O) groups excluding carboxylic acids is 1. The molecule has 1 aliphatic rings. The zero-order valence-electron chi connectivity index (χ0n) is 14.8. The highest BCUT2D eigenvalue weighted by molar-refractivity contribution is 7.17. The van der Waals surface area contributed by atoms with Gasteiger partial charge in [-0.3, -0.25) is 14.0 Å². The molecular formula is C19H17N3O4S. The molecule has 7 nitrogen and oxygen atoms in total. The quantitative estimate of drug-likeness (QED) is 0.732. The van der Waals surface area contributed by atoms with Crippen molar-refractivity contribution < 1.29 is 14.7 Å². The Morgan fingerprint density at radius 2 is 2.00 bits per heavy atom. The summed E-state index contributed by atoms with van der Waals surface area (Å²) in [5, 5.41) is 9.75. The number of carbonyl (C=O) groups is 2. The van der Waals surface area contributed by atoms with Crippen LogP contribution < -0.4 is 5.56 Å². The maximum atomic E-state index is 13.1. The van der Waals surface area contributed by atoms with Gasteiger partial charge in [-0.05, 0) is 31.4 Å². The Morgan fingerprint density at radius 1 is 1.26 bits per heavy atom. The number of rotatable bonds is 2. The molecule has 1 unspecified atom stereocenters. The number of thiazole rings is 1. The summed E-state index contributed by atoms with van der Waals surface area (Å²) >= 11 is 1.38. The second-order valence-electron chi connectivity index (χ2n) is 6.53. The fraction of sp³-hybridized carbons (Fsp3) is 0.263. The molecule has 2 aromatic heterocycles. The molecule has 1 N–H and O–H groups in total. The van der Waals surface area contributed by atoms with Gasteiger partial charge in [0.05, 0.1) is 0 Å². The highest BCUT2D eigenvalue weighted by Crippen LogP contribution is 2.31. The molecule has 0 fully saturated rings. The van der Waals surface area contributed by atoms with Gasteiger partial charge in [0, 0.05) is 23.3 Å². The molecule has 4 rings (SSSR count). The van der Waals surface area contributed by atoms with E-state index in [2.05, 4.69) is 4.98 Å². The van der Waals surface area contributed by atoms with Gasteiger partial charge < -0.3 is 10.0 Å². The van der Waals surface area contributed by atoms with Crippen molar-refractivity contribution in [1.29, 1.82) is 0 Å². The van der Waals surface area contributed by atoms with Crippen LogP contribution in [0.1, 0.15) is 38.1 Å². The monoisotopic (exact) mass is 383 g/mol. The molecule has 1 atom stereocenters. The molecule has 8 heteroatoms. The van der Waals surface area contributed by atoms with Crippen molar-refractivity contribution in [3.8, 4) is 0 Å². The summed E-state index contributed by atoms with van der Waals surface area (Å²) < 4.78 is 1.42. The standard InChI is InChI=1S/C19H17N3O4S/c1-10-11(2)27-19-20-9-14(17(24)22(10)19)16(23)21-8-7-12-5-3-4-6-13(12)15(21)18(25)26/h3-6,9,15H,7-8H2,1-2H3,(H,25,26). The lowest BCUT2D eigenvalue weighted by Crippen LogP contribution is -2.45. The van der Waals surface area contributed by atoms with E-state index in [-0.39, 0.29) is 12.1 Å². The molecule has 1 aliphatic heterocycles. The average Bonchev–Trinajstić information content (AvgIpc) is 2.95. The molecule has 0 spiro atoms. The van der Waals surface area contributed by atoms with E-state index in [0.29, 0.717) is 16.9 Å². The Bertz CT molecular complexity index is 1150. The lowest BCUT2D eigenvalue weighted by Gasteiger charge is -2.34. The van der Waals surface area contributed by atoms with Crippen molar-refractivity contribution in [2.45, 2.75) is 26.3 Å². The lowest BCUT2D eigenvalue weighted by atomic mass is 9.92. The summed E-state index contributed by atoms with van der Waals surface area (Å²) in [4.78, 5) is 44.9. The third-order valence-corrected chi connectivity index (χ3v) is 6.10. The van der Waals surface area contributed by atoms with Gasteiger partial charge in [0.1, 0.15) is 5.56 Å². The number of amides is 1. The second-order valence-corrected chi connectivity index (χ2v) is 7.71. The van der Waals surface area contributed by atoms with Crippen LogP contribution in [0.2, 0.25) is 0 Å². The minimum absolute atomic E-state index is 0.112. The van der Waals surface area contributed by atoms with Gasteiger partial charge >= 0.3 is 5.97 Å². The molecule has 0 saturated carbocycles. The number of carboxylic acids is 1. The number of benzene rings is 1. The third kappa shape index (κ3) is 2.64. The Balaban J connectivity index is 1.82. The molecule has 3 aromatic rings. The molecule has 0 bridgehead atoms. The first kappa shape index (κ1) is 17.4. The molecule has 0 radical (unpaired) electrons. The van der Waals surface area contributed by atoms with Crippen molar-refractivity contribution in [3.63, 3.8) is 0 Å². The molecule has 0 aliphatic carbocycles. The number of aromatic nitrogens is 2. The van der Waals surface area contributed by atoms with Crippen LogP contribution in [0.5, 0.6) is 0 Å². The van der Waals surface area contributed by atoms with E-state index in [1.54, 1.807) is 19.1 Å². The fourth-order valence-electron chi connectivity index (χ4n) is 3.53. The van der Waals surface area contributed by atoms with Crippen molar-refractivity contribution in [2.24, 2.45) is 0 Å². The number of hydrogen-bond acceptors (Lipinski definition) is 5. The first-order valence-electron chi connectivity index (χ1n) is 8.49. The summed E-state index contributed by atoms with van der Waals surface area (Å²) in [6.45, 7) is 3.92. The van der Waals surface area contributed by atoms with E-state index in [4.69, 9.17) is 0 Å². The van der Waals surface area contributed by atoms with Gasteiger partial charge in [-0.1, -0.05) is 24.3 Å². The SMILES string of the molecule is Cc1sc2ncc(C(=O)N3CCc4ccccc4C3C(=O)O)c(=O)n2c1C. The number of aliphatic carboxylic acids is 1. The Morgan fingerprint density at radius 3 is 2.74 bits per heavy atom. The first-order chi connectivity index (χ1) is 12.9. The van der Waals surface area contributed by atoms with E-state index in [1.165, 1.54) is 26.8 Å². The van der Waals surface area contributed by atoms with Crippen molar-refractivity contribution in [2.75, 3.05) is 6.54 Å². The van der Waals surface area contributed by atoms with E-state index in [1.807, 2.05) is 19.1 Å². The summed E-state index contributed by atoms with van der Waals surface area (Å²) in [7, 11) is 0. The number of aryl methyl sites for hydroxylation is 2. The highest BCUT2D eigenvalue weighted by Gasteiger charge is 2.37. The Hall–Kier alpha value is -3.00. The lowest BCUT2D eigenvalue weighted by molar-refractivity contribution is -0.143. The van der Waals surface area contributed by atoms with Gasteiger partial charge in [0.25, 0.3) is 11.5 Å². The number of fused-ring (bicyclic) bond motifs is 2. The zero-order chi connectivity index (χ0) is 19.3. The van der Waals surface area contributed by atoms with Crippen LogP contribution in [-0.4, -0.2) is 37.8 Å². The Kier molecular flexibility index (Phi) is 4.07. The van der Waals surface area contributed by atoms with Crippen molar-refractivity contribution in [1.82, 2.24) is 14.3 Å². The van der Waals surface area contributed by atoms with Crippen LogP contribution in [0.15, 0.2) is 35.3 Å². The minimum atomic E-state index is -1.12. The van der Waals surface area contributed by atoms with E-state index >= 15 is 0 Å².